The molecule has 9 heteroatoms. The number of hydrogen-bond donors (Lipinski definition) is 1. The molecule has 0 aliphatic heterocycles. The molecule has 1 fully saturated rings. The van der Waals surface area contributed by atoms with Crippen LogP contribution in [-0.2, 0) is 23.6 Å². The number of hydrogen-bond acceptors (Lipinski definition) is 5. The summed E-state index contributed by atoms with van der Waals surface area (Å²) < 4.78 is 29.9. The number of aryl methyl sites for hydroxylation is 3. The van der Waals surface area contributed by atoms with Crippen LogP contribution in [0.1, 0.15) is 47.4 Å². The molecular formula is C14H19N5O3S. The standard InChI is InChI=1S/C14H19N5O3S/c1-4-19-12(10-5-6-10)7-11(16-19)13(20)17-23(21,22)14-9(2)8-15-18(14)3/h7-8,10H,4-6H2,1-3H3,(H,17,20). The zero-order valence-electron chi connectivity index (χ0n) is 13.3. The Morgan fingerprint density at radius 1 is 1.43 bits per heavy atom. The monoisotopic (exact) mass is 337 g/mol. The molecule has 0 aromatic carbocycles. The van der Waals surface area contributed by atoms with E-state index in [0.717, 1.165) is 18.5 Å². The van der Waals surface area contributed by atoms with E-state index in [1.165, 1.54) is 17.9 Å². The van der Waals surface area contributed by atoms with Gasteiger partial charge in [-0.2, -0.15) is 18.6 Å². The maximum absolute atomic E-state index is 12.4. The lowest BCUT2D eigenvalue weighted by Crippen LogP contribution is -2.32. The van der Waals surface area contributed by atoms with Crippen molar-refractivity contribution in [2.75, 3.05) is 0 Å². The van der Waals surface area contributed by atoms with Crippen molar-refractivity contribution < 1.29 is 13.2 Å². The number of aromatic nitrogens is 4. The molecule has 3 rings (SSSR count). The normalized spacial score (nSPS) is 14.9. The molecule has 1 aliphatic carbocycles. The third kappa shape index (κ3) is 2.88. The van der Waals surface area contributed by atoms with Crippen molar-refractivity contribution in [1.29, 1.82) is 0 Å². The molecule has 8 nitrogen and oxygen atoms in total. The molecule has 1 aliphatic rings. The Hall–Kier alpha value is -2.16. The second-order valence-electron chi connectivity index (χ2n) is 5.74. The Morgan fingerprint density at radius 2 is 2.13 bits per heavy atom. The zero-order chi connectivity index (χ0) is 16.8. The van der Waals surface area contributed by atoms with Crippen molar-refractivity contribution in [3.8, 4) is 0 Å². The highest BCUT2D eigenvalue weighted by Crippen LogP contribution is 2.40. The van der Waals surface area contributed by atoms with E-state index in [0.29, 0.717) is 18.0 Å². The van der Waals surface area contributed by atoms with E-state index in [2.05, 4.69) is 14.9 Å². The molecular weight excluding hydrogens is 318 g/mol. The van der Waals surface area contributed by atoms with Gasteiger partial charge in [0.05, 0.1) is 6.20 Å². The molecule has 0 saturated heterocycles. The van der Waals surface area contributed by atoms with Crippen molar-refractivity contribution in [3.05, 3.63) is 29.2 Å². The highest BCUT2D eigenvalue weighted by atomic mass is 32.2. The maximum atomic E-state index is 12.4. The van der Waals surface area contributed by atoms with Gasteiger partial charge in [-0.25, -0.2) is 4.72 Å². The lowest BCUT2D eigenvalue weighted by molar-refractivity contribution is 0.0975. The smallest absolute Gasteiger partial charge is 0.269 e. The van der Waals surface area contributed by atoms with E-state index in [9.17, 15) is 13.2 Å². The van der Waals surface area contributed by atoms with E-state index < -0.39 is 15.9 Å². The van der Waals surface area contributed by atoms with Crippen molar-refractivity contribution in [2.45, 2.75) is 44.2 Å². The van der Waals surface area contributed by atoms with E-state index in [4.69, 9.17) is 0 Å². The zero-order valence-corrected chi connectivity index (χ0v) is 14.1. The van der Waals surface area contributed by atoms with Gasteiger partial charge >= 0.3 is 0 Å². The third-order valence-corrected chi connectivity index (χ3v) is 5.43. The summed E-state index contributed by atoms with van der Waals surface area (Å²) in [7, 11) is -2.47. The highest BCUT2D eigenvalue weighted by molar-refractivity contribution is 7.90. The predicted octanol–water partition coefficient (Wildman–Crippen LogP) is 0.941. The minimum absolute atomic E-state index is 0.0248. The highest BCUT2D eigenvalue weighted by Gasteiger charge is 2.30. The summed E-state index contributed by atoms with van der Waals surface area (Å²) in [5.74, 6) is -0.292. The van der Waals surface area contributed by atoms with Crippen LogP contribution >= 0.6 is 0 Å². The molecule has 1 N–H and O–H groups in total. The molecule has 0 atom stereocenters. The molecule has 1 amide bonds. The van der Waals surface area contributed by atoms with Gasteiger partial charge in [0.15, 0.2) is 10.7 Å². The van der Waals surface area contributed by atoms with Gasteiger partial charge in [-0.3, -0.25) is 14.2 Å². The summed E-state index contributed by atoms with van der Waals surface area (Å²) >= 11 is 0. The second kappa shape index (κ2) is 5.48. The van der Waals surface area contributed by atoms with Crippen molar-refractivity contribution >= 4 is 15.9 Å². The minimum atomic E-state index is -3.99. The van der Waals surface area contributed by atoms with Gasteiger partial charge in [0, 0.05) is 30.8 Å². The molecule has 1 saturated carbocycles. The summed E-state index contributed by atoms with van der Waals surface area (Å²) in [5, 5.41) is 8.09. The summed E-state index contributed by atoms with van der Waals surface area (Å²) in [4.78, 5) is 12.3. The van der Waals surface area contributed by atoms with Crippen LogP contribution in [0.15, 0.2) is 17.3 Å². The minimum Gasteiger partial charge on any atom is -0.269 e. The molecule has 124 valence electrons. The van der Waals surface area contributed by atoms with Gasteiger partial charge in [-0.05, 0) is 32.8 Å². The summed E-state index contributed by atoms with van der Waals surface area (Å²) in [6, 6.07) is 1.68. The molecule has 2 heterocycles. The molecule has 23 heavy (non-hydrogen) atoms. The summed E-state index contributed by atoms with van der Waals surface area (Å²) in [6.45, 7) is 4.21. The fraction of sp³-hybridized carbons (Fsp3) is 0.500. The first-order valence-corrected chi connectivity index (χ1v) is 8.95. The van der Waals surface area contributed by atoms with Gasteiger partial charge in [0.1, 0.15) is 0 Å². The third-order valence-electron chi connectivity index (χ3n) is 3.88. The van der Waals surface area contributed by atoms with Crippen LogP contribution in [0.4, 0.5) is 0 Å². The number of carbonyl (C=O) groups is 1. The van der Waals surface area contributed by atoms with Crippen LogP contribution in [0, 0.1) is 6.92 Å². The van der Waals surface area contributed by atoms with E-state index in [-0.39, 0.29) is 10.7 Å². The number of amides is 1. The first-order chi connectivity index (χ1) is 10.8. The van der Waals surface area contributed by atoms with E-state index >= 15 is 0 Å². The topological polar surface area (TPSA) is 98.9 Å². The Bertz CT molecular complexity index is 842. The van der Waals surface area contributed by atoms with Crippen LogP contribution in [-0.4, -0.2) is 33.9 Å². The lowest BCUT2D eigenvalue weighted by atomic mass is 10.2. The number of rotatable bonds is 5. The van der Waals surface area contributed by atoms with Gasteiger partial charge in [0.2, 0.25) is 0 Å². The molecule has 0 spiro atoms. The fourth-order valence-corrected chi connectivity index (χ4v) is 3.96. The van der Waals surface area contributed by atoms with Gasteiger partial charge in [-0.1, -0.05) is 0 Å². The van der Waals surface area contributed by atoms with Gasteiger partial charge < -0.3 is 0 Å². The quantitative estimate of drug-likeness (QED) is 0.875. The summed E-state index contributed by atoms with van der Waals surface area (Å²) in [6.07, 6.45) is 3.61. The first-order valence-electron chi connectivity index (χ1n) is 7.47. The second-order valence-corrected chi connectivity index (χ2v) is 7.33. The number of nitrogens with zero attached hydrogens (tertiary/aromatic N) is 4. The van der Waals surface area contributed by atoms with Gasteiger partial charge in [0.25, 0.3) is 15.9 Å². The largest absolute Gasteiger partial charge is 0.285 e. The average molecular weight is 337 g/mol. The predicted molar refractivity (Wildman–Crippen MR) is 82.5 cm³/mol. The first kappa shape index (κ1) is 15.7. The van der Waals surface area contributed by atoms with Crippen LogP contribution in [0.25, 0.3) is 0 Å². The average Bonchev–Trinajstić information content (AvgIpc) is 3.13. The Kier molecular flexibility index (Phi) is 3.75. The van der Waals surface area contributed by atoms with Crippen LogP contribution in [0.2, 0.25) is 0 Å². The molecule has 0 unspecified atom stereocenters. The van der Waals surface area contributed by atoms with E-state index in [1.54, 1.807) is 17.7 Å². The molecule has 0 bridgehead atoms. The van der Waals surface area contributed by atoms with Crippen LogP contribution in [0.5, 0.6) is 0 Å². The molecule has 2 aromatic heterocycles. The number of nitrogens with one attached hydrogen (secondary N) is 1. The van der Waals surface area contributed by atoms with Crippen LogP contribution in [0.3, 0.4) is 0 Å². The SMILES string of the molecule is CCn1nc(C(=O)NS(=O)(=O)c2c(C)cnn2C)cc1C1CC1. The maximum Gasteiger partial charge on any atom is 0.285 e. The Balaban J connectivity index is 1.87. The Labute approximate surface area is 134 Å². The number of sulfonamides is 1. The van der Waals surface area contributed by atoms with Crippen LogP contribution < -0.4 is 4.72 Å². The van der Waals surface area contributed by atoms with Crippen molar-refractivity contribution in [2.24, 2.45) is 7.05 Å². The van der Waals surface area contributed by atoms with Crippen molar-refractivity contribution in [3.63, 3.8) is 0 Å². The molecule has 2 aromatic rings. The lowest BCUT2D eigenvalue weighted by Gasteiger charge is -2.06. The molecule has 0 radical (unpaired) electrons. The van der Waals surface area contributed by atoms with Gasteiger partial charge in [-0.15, -0.1) is 0 Å². The fourth-order valence-electron chi connectivity index (χ4n) is 2.65. The number of carbonyl (C=O) groups excluding carboxylic acids is 1. The summed E-state index contributed by atoms with van der Waals surface area (Å²) in [5.41, 5.74) is 1.59. The van der Waals surface area contributed by atoms with E-state index in [1.807, 2.05) is 6.92 Å². The van der Waals surface area contributed by atoms with Crippen molar-refractivity contribution in [1.82, 2.24) is 24.3 Å². The Morgan fingerprint density at radius 3 is 2.65 bits per heavy atom.